The largest absolute Gasteiger partial charge is 0.296 e. The molecule has 0 bridgehead atoms. The summed E-state index contributed by atoms with van der Waals surface area (Å²) in [4.78, 5) is 25.0. The summed E-state index contributed by atoms with van der Waals surface area (Å²) in [5.74, 6) is -0.339. The van der Waals surface area contributed by atoms with E-state index in [1.807, 2.05) is 12.1 Å². The molecule has 0 saturated carbocycles. The molecule has 5 nitrogen and oxygen atoms in total. The molecule has 0 saturated heterocycles. The Morgan fingerprint density at radius 3 is 2.74 bits per heavy atom. The van der Waals surface area contributed by atoms with Gasteiger partial charge in [0.05, 0.1) is 16.2 Å². The molecule has 0 spiro atoms. The van der Waals surface area contributed by atoms with Gasteiger partial charge in [-0.25, -0.2) is 9.97 Å². The van der Waals surface area contributed by atoms with Crippen LogP contribution in [0.1, 0.15) is 20.9 Å². The molecular formula is C15H10Cl2N4OS. The van der Waals surface area contributed by atoms with E-state index in [9.17, 15) is 4.79 Å². The highest BCUT2D eigenvalue weighted by Gasteiger charge is 2.11. The SMILES string of the molecule is O=C(Nc1ncc(Cc2ccc(Cl)c(Cl)c2)s1)c1cnccn1. The van der Waals surface area contributed by atoms with Gasteiger partial charge in [0.1, 0.15) is 5.69 Å². The fourth-order valence-corrected chi connectivity index (χ4v) is 3.04. The van der Waals surface area contributed by atoms with E-state index in [1.165, 1.54) is 29.9 Å². The Hall–Kier alpha value is -2.02. The van der Waals surface area contributed by atoms with Crippen LogP contribution in [0.25, 0.3) is 0 Å². The van der Waals surface area contributed by atoms with Crippen molar-refractivity contribution in [3.8, 4) is 0 Å². The van der Waals surface area contributed by atoms with Gasteiger partial charge in [-0.15, -0.1) is 11.3 Å². The maximum absolute atomic E-state index is 12.0. The Morgan fingerprint density at radius 2 is 2.00 bits per heavy atom. The average molecular weight is 365 g/mol. The van der Waals surface area contributed by atoms with Gasteiger partial charge in [0.25, 0.3) is 5.91 Å². The minimum Gasteiger partial charge on any atom is -0.296 e. The van der Waals surface area contributed by atoms with E-state index in [2.05, 4.69) is 20.3 Å². The summed E-state index contributed by atoms with van der Waals surface area (Å²) < 4.78 is 0. The number of rotatable bonds is 4. The van der Waals surface area contributed by atoms with Crippen LogP contribution < -0.4 is 5.32 Å². The molecule has 116 valence electrons. The number of hydrogen-bond donors (Lipinski definition) is 1. The smallest absolute Gasteiger partial charge is 0.277 e. The standard InChI is InChI=1S/C15H10Cl2N4OS/c16-11-2-1-9(6-12(11)17)5-10-7-20-15(23-10)21-14(22)13-8-18-3-4-19-13/h1-4,6-8H,5H2,(H,20,21,22). The molecule has 23 heavy (non-hydrogen) atoms. The topological polar surface area (TPSA) is 67.8 Å². The monoisotopic (exact) mass is 364 g/mol. The first-order chi connectivity index (χ1) is 11.1. The van der Waals surface area contributed by atoms with Crippen molar-refractivity contribution in [2.24, 2.45) is 0 Å². The first-order valence-corrected chi connectivity index (χ1v) is 8.15. The molecule has 0 aliphatic rings. The average Bonchev–Trinajstić information content (AvgIpc) is 2.99. The normalized spacial score (nSPS) is 10.5. The number of aromatic nitrogens is 3. The summed E-state index contributed by atoms with van der Waals surface area (Å²) in [5.41, 5.74) is 1.27. The molecule has 0 aliphatic carbocycles. The lowest BCUT2D eigenvalue weighted by Crippen LogP contribution is -2.13. The lowest BCUT2D eigenvalue weighted by atomic mass is 10.1. The molecule has 3 aromatic rings. The van der Waals surface area contributed by atoms with Crippen LogP contribution in [0.3, 0.4) is 0 Å². The number of halogens is 2. The van der Waals surface area contributed by atoms with Crippen LogP contribution in [0.5, 0.6) is 0 Å². The highest BCUT2D eigenvalue weighted by Crippen LogP contribution is 2.26. The van der Waals surface area contributed by atoms with Crippen LogP contribution in [-0.4, -0.2) is 20.9 Å². The number of anilines is 1. The third kappa shape index (κ3) is 4.04. The van der Waals surface area contributed by atoms with Gasteiger partial charge in [0, 0.05) is 29.9 Å². The van der Waals surface area contributed by atoms with Gasteiger partial charge in [-0.1, -0.05) is 29.3 Å². The van der Waals surface area contributed by atoms with Crippen molar-refractivity contribution in [3.63, 3.8) is 0 Å². The zero-order valence-electron chi connectivity index (χ0n) is 11.7. The molecular weight excluding hydrogens is 355 g/mol. The zero-order chi connectivity index (χ0) is 16.2. The molecule has 8 heteroatoms. The summed E-state index contributed by atoms with van der Waals surface area (Å²) in [6.45, 7) is 0. The van der Waals surface area contributed by atoms with Gasteiger partial charge >= 0.3 is 0 Å². The molecule has 0 fully saturated rings. The van der Waals surface area contributed by atoms with Crippen molar-refractivity contribution < 1.29 is 4.79 Å². The molecule has 1 aromatic carbocycles. The molecule has 1 amide bonds. The number of carbonyl (C=O) groups excluding carboxylic acids is 1. The maximum Gasteiger partial charge on any atom is 0.277 e. The first-order valence-electron chi connectivity index (χ1n) is 6.58. The molecule has 2 heterocycles. The molecule has 0 aliphatic heterocycles. The van der Waals surface area contributed by atoms with Gasteiger partial charge in [-0.2, -0.15) is 0 Å². The van der Waals surface area contributed by atoms with Crippen LogP contribution in [0.15, 0.2) is 43.0 Å². The third-order valence-electron chi connectivity index (χ3n) is 2.93. The van der Waals surface area contributed by atoms with E-state index in [0.29, 0.717) is 21.6 Å². The highest BCUT2D eigenvalue weighted by molar-refractivity contribution is 7.15. The van der Waals surface area contributed by atoms with Crippen molar-refractivity contribution >= 4 is 45.6 Å². The van der Waals surface area contributed by atoms with Crippen LogP contribution >= 0.6 is 34.5 Å². The summed E-state index contributed by atoms with van der Waals surface area (Å²) >= 11 is 13.3. The van der Waals surface area contributed by atoms with Crippen molar-refractivity contribution in [1.82, 2.24) is 15.0 Å². The zero-order valence-corrected chi connectivity index (χ0v) is 14.0. The van der Waals surface area contributed by atoms with E-state index in [-0.39, 0.29) is 11.6 Å². The minimum absolute atomic E-state index is 0.244. The minimum atomic E-state index is -0.339. The molecule has 0 unspecified atom stereocenters. The number of thiazole rings is 1. The van der Waals surface area contributed by atoms with Gasteiger partial charge < -0.3 is 0 Å². The first kappa shape index (κ1) is 15.9. The Labute approximate surface area is 146 Å². The van der Waals surface area contributed by atoms with Crippen LogP contribution in [0.2, 0.25) is 10.0 Å². The van der Waals surface area contributed by atoms with Crippen LogP contribution in [-0.2, 0) is 6.42 Å². The Bertz CT molecular complexity index is 839. The number of benzene rings is 1. The summed E-state index contributed by atoms with van der Waals surface area (Å²) in [7, 11) is 0. The maximum atomic E-state index is 12.0. The highest BCUT2D eigenvalue weighted by atomic mass is 35.5. The molecule has 0 radical (unpaired) electrons. The van der Waals surface area contributed by atoms with Gasteiger partial charge in [-0.05, 0) is 17.7 Å². The molecule has 0 atom stereocenters. The Kier molecular flexibility index (Phi) is 4.85. The summed E-state index contributed by atoms with van der Waals surface area (Å²) in [5, 5.41) is 4.26. The second-order valence-corrected chi connectivity index (χ2v) is 6.53. The van der Waals surface area contributed by atoms with Crippen molar-refractivity contribution in [3.05, 3.63) is 69.2 Å². The van der Waals surface area contributed by atoms with Crippen LogP contribution in [0.4, 0.5) is 5.13 Å². The number of amides is 1. The predicted molar refractivity (Wildman–Crippen MR) is 91.4 cm³/mol. The third-order valence-corrected chi connectivity index (χ3v) is 4.58. The van der Waals surface area contributed by atoms with E-state index in [0.717, 1.165) is 10.4 Å². The number of carbonyl (C=O) groups is 1. The van der Waals surface area contributed by atoms with E-state index in [4.69, 9.17) is 23.2 Å². The summed E-state index contributed by atoms with van der Waals surface area (Å²) in [6, 6.07) is 5.49. The van der Waals surface area contributed by atoms with Crippen molar-refractivity contribution in [1.29, 1.82) is 0 Å². The van der Waals surface area contributed by atoms with Gasteiger partial charge in [0.2, 0.25) is 0 Å². The number of hydrogen-bond acceptors (Lipinski definition) is 5. The second-order valence-electron chi connectivity index (χ2n) is 4.60. The fourth-order valence-electron chi connectivity index (χ4n) is 1.88. The predicted octanol–water partition coefficient (Wildman–Crippen LogP) is 4.08. The van der Waals surface area contributed by atoms with E-state index in [1.54, 1.807) is 12.3 Å². The van der Waals surface area contributed by atoms with Crippen LogP contribution in [0, 0.1) is 0 Å². The Morgan fingerprint density at radius 1 is 1.13 bits per heavy atom. The second kappa shape index (κ2) is 7.04. The number of nitrogens with one attached hydrogen (secondary N) is 1. The number of nitrogens with zero attached hydrogens (tertiary/aromatic N) is 3. The fraction of sp³-hybridized carbons (Fsp3) is 0.0667. The van der Waals surface area contributed by atoms with Crippen molar-refractivity contribution in [2.75, 3.05) is 5.32 Å². The lowest BCUT2D eigenvalue weighted by molar-refractivity contribution is 0.102. The molecule has 3 rings (SSSR count). The van der Waals surface area contributed by atoms with E-state index >= 15 is 0 Å². The quantitative estimate of drug-likeness (QED) is 0.756. The van der Waals surface area contributed by atoms with Gasteiger partial charge in [-0.3, -0.25) is 15.1 Å². The molecule has 1 N–H and O–H groups in total. The molecule has 2 aromatic heterocycles. The summed E-state index contributed by atoms with van der Waals surface area (Å²) in [6.07, 6.45) is 6.76. The van der Waals surface area contributed by atoms with Crippen molar-refractivity contribution in [2.45, 2.75) is 6.42 Å². The Balaban J connectivity index is 1.68. The lowest BCUT2D eigenvalue weighted by Gasteiger charge is -2.01. The van der Waals surface area contributed by atoms with E-state index < -0.39 is 0 Å². The van der Waals surface area contributed by atoms with Gasteiger partial charge in [0.15, 0.2) is 5.13 Å².